The minimum Gasteiger partial charge on any atom is -0.373 e. The van der Waals surface area contributed by atoms with E-state index in [0.29, 0.717) is 5.25 Å². The van der Waals surface area contributed by atoms with E-state index in [1.165, 1.54) is 4.90 Å². The van der Waals surface area contributed by atoms with Crippen LogP contribution in [0.25, 0.3) is 11.3 Å². The molecule has 0 saturated carbocycles. The predicted molar refractivity (Wildman–Crippen MR) is 78.0 cm³/mol. The van der Waals surface area contributed by atoms with Crippen molar-refractivity contribution >= 4 is 17.6 Å². The Morgan fingerprint density at radius 2 is 1.83 bits per heavy atom. The maximum absolute atomic E-state index is 4.29. The number of hydrogen-bond donors (Lipinski definition) is 1. The van der Waals surface area contributed by atoms with E-state index in [1.807, 2.05) is 24.9 Å². The molecule has 0 amide bonds. The van der Waals surface area contributed by atoms with Crippen LogP contribution in [0.1, 0.15) is 13.8 Å². The average Bonchev–Trinajstić information content (AvgIpc) is 2.39. The maximum Gasteiger partial charge on any atom is 0.129 e. The zero-order chi connectivity index (χ0) is 13.0. The summed E-state index contributed by atoms with van der Waals surface area (Å²) in [5.74, 6) is 0.834. The van der Waals surface area contributed by atoms with E-state index in [0.717, 1.165) is 17.1 Å². The first-order valence-electron chi connectivity index (χ1n) is 5.96. The van der Waals surface area contributed by atoms with Gasteiger partial charge in [0.15, 0.2) is 0 Å². The number of nitrogens with zero attached hydrogens (tertiary/aromatic N) is 2. The molecule has 0 atom stereocenters. The smallest absolute Gasteiger partial charge is 0.129 e. The molecule has 94 valence electrons. The van der Waals surface area contributed by atoms with Gasteiger partial charge in [0, 0.05) is 28.8 Å². The largest absolute Gasteiger partial charge is 0.373 e. The first-order valence-corrected chi connectivity index (χ1v) is 6.84. The summed E-state index contributed by atoms with van der Waals surface area (Å²) < 4.78 is 0. The Hall–Kier alpha value is -1.55. The Morgan fingerprint density at radius 1 is 1.11 bits per heavy atom. The molecule has 0 bridgehead atoms. The van der Waals surface area contributed by atoms with Gasteiger partial charge in [-0.25, -0.2) is 9.97 Å². The number of aromatic nitrogens is 2. The monoisotopic (exact) mass is 259 g/mol. The third kappa shape index (κ3) is 3.23. The number of benzene rings is 1. The van der Waals surface area contributed by atoms with Gasteiger partial charge in [0.1, 0.15) is 12.1 Å². The van der Waals surface area contributed by atoms with Crippen molar-refractivity contribution in [2.75, 3.05) is 12.4 Å². The molecular formula is C14H17N3S. The van der Waals surface area contributed by atoms with Crippen LogP contribution in [0, 0.1) is 0 Å². The summed E-state index contributed by atoms with van der Waals surface area (Å²) in [6, 6.07) is 10.4. The zero-order valence-electron chi connectivity index (χ0n) is 10.8. The maximum atomic E-state index is 4.29. The standard InChI is InChI=1S/C14H17N3S/c1-10(2)18-12-6-4-11(5-7-12)13-8-14(15-3)17-9-16-13/h4-10H,1-3H3,(H,15,16,17). The Bertz CT molecular complexity index is 509. The number of anilines is 1. The number of nitrogens with one attached hydrogen (secondary N) is 1. The summed E-state index contributed by atoms with van der Waals surface area (Å²) in [5.41, 5.74) is 2.05. The second-order valence-electron chi connectivity index (χ2n) is 4.23. The topological polar surface area (TPSA) is 37.8 Å². The fourth-order valence-corrected chi connectivity index (χ4v) is 2.47. The first-order chi connectivity index (χ1) is 8.69. The highest BCUT2D eigenvalue weighted by Crippen LogP contribution is 2.26. The highest BCUT2D eigenvalue weighted by atomic mass is 32.2. The molecule has 1 N–H and O–H groups in total. The SMILES string of the molecule is CNc1cc(-c2ccc(SC(C)C)cc2)ncn1. The van der Waals surface area contributed by atoms with E-state index >= 15 is 0 Å². The van der Waals surface area contributed by atoms with Gasteiger partial charge in [0.25, 0.3) is 0 Å². The Morgan fingerprint density at radius 3 is 2.44 bits per heavy atom. The number of rotatable bonds is 4. The molecule has 0 radical (unpaired) electrons. The van der Waals surface area contributed by atoms with Crippen molar-refractivity contribution in [2.45, 2.75) is 24.0 Å². The van der Waals surface area contributed by atoms with Crippen LogP contribution in [-0.2, 0) is 0 Å². The lowest BCUT2D eigenvalue weighted by molar-refractivity contribution is 1.11. The molecule has 0 unspecified atom stereocenters. The van der Waals surface area contributed by atoms with Crippen LogP contribution in [0.2, 0.25) is 0 Å². The molecular weight excluding hydrogens is 242 g/mol. The van der Waals surface area contributed by atoms with Gasteiger partial charge in [0.2, 0.25) is 0 Å². The Balaban J connectivity index is 2.22. The van der Waals surface area contributed by atoms with Crippen molar-refractivity contribution in [3.8, 4) is 11.3 Å². The molecule has 1 aromatic carbocycles. The fraction of sp³-hybridized carbons (Fsp3) is 0.286. The molecule has 1 heterocycles. The van der Waals surface area contributed by atoms with Crippen LogP contribution >= 0.6 is 11.8 Å². The van der Waals surface area contributed by atoms with E-state index < -0.39 is 0 Å². The number of thioether (sulfide) groups is 1. The van der Waals surface area contributed by atoms with Gasteiger partial charge in [-0.05, 0) is 12.1 Å². The quantitative estimate of drug-likeness (QED) is 0.850. The molecule has 4 heteroatoms. The van der Waals surface area contributed by atoms with Crippen molar-refractivity contribution in [2.24, 2.45) is 0 Å². The molecule has 3 nitrogen and oxygen atoms in total. The minimum atomic E-state index is 0.603. The van der Waals surface area contributed by atoms with Gasteiger partial charge in [-0.1, -0.05) is 26.0 Å². The Kier molecular flexibility index (Phi) is 4.20. The van der Waals surface area contributed by atoms with Gasteiger partial charge in [0.05, 0.1) is 5.69 Å². The molecule has 0 spiro atoms. The van der Waals surface area contributed by atoms with E-state index in [-0.39, 0.29) is 0 Å². The Labute approximate surface area is 112 Å². The average molecular weight is 259 g/mol. The van der Waals surface area contributed by atoms with Crippen LogP contribution < -0.4 is 5.32 Å². The zero-order valence-corrected chi connectivity index (χ0v) is 11.7. The summed E-state index contributed by atoms with van der Waals surface area (Å²) in [7, 11) is 1.86. The highest BCUT2D eigenvalue weighted by molar-refractivity contribution is 7.99. The second-order valence-corrected chi connectivity index (χ2v) is 5.88. The molecule has 0 fully saturated rings. The van der Waals surface area contributed by atoms with Gasteiger partial charge >= 0.3 is 0 Å². The van der Waals surface area contributed by atoms with Crippen molar-refractivity contribution in [1.82, 2.24) is 9.97 Å². The first kappa shape index (κ1) is 12.9. The lowest BCUT2D eigenvalue weighted by Gasteiger charge is -2.06. The predicted octanol–water partition coefficient (Wildman–Crippen LogP) is 3.69. The summed E-state index contributed by atoms with van der Waals surface area (Å²) in [4.78, 5) is 9.69. The van der Waals surface area contributed by atoms with E-state index in [2.05, 4.69) is 53.4 Å². The molecule has 2 aromatic rings. The van der Waals surface area contributed by atoms with Crippen LogP contribution in [0.15, 0.2) is 41.6 Å². The van der Waals surface area contributed by atoms with E-state index in [9.17, 15) is 0 Å². The van der Waals surface area contributed by atoms with Crippen molar-refractivity contribution in [3.63, 3.8) is 0 Å². The second kappa shape index (κ2) is 5.87. The molecule has 0 aliphatic carbocycles. The third-order valence-corrected chi connectivity index (χ3v) is 3.46. The fourth-order valence-electron chi connectivity index (χ4n) is 1.63. The van der Waals surface area contributed by atoms with E-state index in [4.69, 9.17) is 0 Å². The van der Waals surface area contributed by atoms with Gasteiger partial charge in [-0.15, -0.1) is 11.8 Å². The van der Waals surface area contributed by atoms with Crippen LogP contribution in [0.4, 0.5) is 5.82 Å². The lowest BCUT2D eigenvalue weighted by Crippen LogP contribution is -1.94. The molecule has 0 aliphatic rings. The van der Waals surface area contributed by atoms with Crippen LogP contribution in [0.5, 0.6) is 0 Å². The molecule has 18 heavy (non-hydrogen) atoms. The summed E-state index contributed by atoms with van der Waals surface area (Å²) in [5, 5.41) is 3.62. The lowest BCUT2D eigenvalue weighted by atomic mass is 10.1. The molecule has 1 aromatic heterocycles. The van der Waals surface area contributed by atoms with Crippen molar-refractivity contribution in [3.05, 3.63) is 36.7 Å². The van der Waals surface area contributed by atoms with Crippen molar-refractivity contribution < 1.29 is 0 Å². The third-order valence-electron chi connectivity index (χ3n) is 2.45. The minimum absolute atomic E-state index is 0.603. The molecule has 2 rings (SSSR count). The van der Waals surface area contributed by atoms with Crippen LogP contribution in [0.3, 0.4) is 0 Å². The summed E-state index contributed by atoms with van der Waals surface area (Å²) >= 11 is 1.86. The van der Waals surface area contributed by atoms with Crippen molar-refractivity contribution in [1.29, 1.82) is 0 Å². The van der Waals surface area contributed by atoms with E-state index in [1.54, 1.807) is 6.33 Å². The van der Waals surface area contributed by atoms with Gasteiger partial charge in [-0.2, -0.15) is 0 Å². The normalized spacial score (nSPS) is 10.7. The van der Waals surface area contributed by atoms with Crippen LogP contribution in [-0.4, -0.2) is 22.3 Å². The summed E-state index contributed by atoms with van der Waals surface area (Å²) in [6.45, 7) is 4.39. The molecule has 0 saturated heterocycles. The summed E-state index contributed by atoms with van der Waals surface area (Å²) in [6.07, 6.45) is 1.58. The number of hydrogen-bond acceptors (Lipinski definition) is 4. The van der Waals surface area contributed by atoms with Gasteiger partial charge in [-0.3, -0.25) is 0 Å². The molecule has 0 aliphatic heterocycles. The van der Waals surface area contributed by atoms with Gasteiger partial charge < -0.3 is 5.32 Å². The highest BCUT2D eigenvalue weighted by Gasteiger charge is 2.02.